The maximum absolute atomic E-state index is 14.6. The molecule has 8 heteroatoms. The van der Waals surface area contributed by atoms with Crippen molar-refractivity contribution in [1.29, 1.82) is 0 Å². The smallest absolute Gasteiger partial charge is 0.261 e. The molecule has 2 amide bonds. The van der Waals surface area contributed by atoms with Gasteiger partial charge in [-0.2, -0.15) is 0 Å². The number of ether oxygens (including phenoxy) is 1. The highest BCUT2D eigenvalue weighted by Gasteiger charge is 2.33. The van der Waals surface area contributed by atoms with Gasteiger partial charge in [0.2, 0.25) is 5.91 Å². The molecule has 0 saturated carbocycles. The fourth-order valence-corrected chi connectivity index (χ4v) is 4.43. The summed E-state index contributed by atoms with van der Waals surface area (Å²) >= 11 is 9.38. The Morgan fingerprint density at radius 3 is 2.36 bits per heavy atom. The highest BCUT2D eigenvalue weighted by atomic mass is 79.9. The molecule has 0 fully saturated rings. The first-order chi connectivity index (χ1) is 17.0. The average molecular weight is 576 g/mol. The quantitative estimate of drug-likeness (QED) is 0.332. The topological polar surface area (TPSA) is 58.6 Å². The van der Waals surface area contributed by atoms with Crippen molar-refractivity contribution >= 4 is 39.3 Å². The van der Waals surface area contributed by atoms with Crippen molar-refractivity contribution in [1.82, 2.24) is 10.2 Å². The first-order valence-electron chi connectivity index (χ1n) is 11.5. The van der Waals surface area contributed by atoms with Crippen LogP contribution in [-0.4, -0.2) is 34.9 Å². The molecule has 1 atom stereocenters. The lowest BCUT2D eigenvalue weighted by Crippen LogP contribution is -2.55. The fraction of sp³-hybridized carbons (Fsp3) is 0.286. The van der Waals surface area contributed by atoms with Crippen LogP contribution in [-0.2, 0) is 22.6 Å². The predicted octanol–water partition coefficient (Wildman–Crippen LogP) is 6.18. The Hall–Kier alpha value is -2.90. The summed E-state index contributed by atoms with van der Waals surface area (Å²) < 4.78 is 21.0. The second kappa shape index (κ2) is 12.4. The number of hydrogen-bond donors (Lipinski definition) is 1. The number of nitrogens with one attached hydrogen (secondary N) is 1. The summed E-state index contributed by atoms with van der Waals surface area (Å²) in [6, 6.07) is 19.7. The van der Waals surface area contributed by atoms with Crippen molar-refractivity contribution in [3.63, 3.8) is 0 Å². The molecular weight excluding hydrogens is 547 g/mol. The number of hydrogen-bond acceptors (Lipinski definition) is 3. The molecule has 190 valence electrons. The van der Waals surface area contributed by atoms with Gasteiger partial charge in [0.25, 0.3) is 5.91 Å². The molecule has 0 aliphatic rings. The molecular formula is C28H29BrClFN2O3. The largest absolute Gasteiger partial charge is 0.483 e. The molecule has 0 spiro atoms. The van der Waals surface area contributed by atoms with Crippen molar-refractivity contribution in [2.24, 2.45) is 0 Å². The monoisotopic (exact) mass is 574 g/mol. The average Bonchev–Trinajstić information content (AvgIpc) is 2.81. The molecule has 3 aromatic carbocycles. The lowest BCUT2D eigenvalue weighted by Gasteiger charge is -2.33. The van der Waals surface area contributed by atoms with Crippen molar-refractivity contribution < 1.29 is 18.7 Å². The summed E-state index contributed by atoms with van der Waals surface area (Å²) in [4.78, 5) is 28.4. The second-order valence-corrected chi connectivity index (χ2v) is 10.7. The minimum absolute atomic E-state index is 0.0916. The Bertz CT molecular complexity index is 1200. The summed E-state index contributed by atoms with van der Waals surface area (Å²) in [7, 11) is 0. The highest BCUT2D eigenvalue weighted by molar-refractivity contribution is 9.10. The third-order valence-corrected chi connectivity index (χ3v) is 6.17. The Balaban J connectivity index is 1.95. The zero-order valence-electron chi connectivity index (χ0n) is 20.4. The van der Waals surface area contributed by atoms with E-state index in [0.717, 1.165) is 5.56 Å². The second-order valence-electron chi connectivity index (χ2n) is 9.42. The third-order valence-electron chi connectivity index (χ3n) is 5.31. The summed E-state index contributed by atoms with van der Waals surface area (Å²) in [5.41, 5.74) is 0.656. The minimum atomic E-state index is -0.893. The van der Waals surface area contributed by atoms with Crippen molar-refractivity contribution in [2.75, 3.05) is 6.61 Å². The van der Waals surface area contributed by atoms with Crippen LogP contribution in [0.5, 0.6) is 5.75 Å². The summed E-state index contributed by atoms with van der Waals surface area (Å²) in [6.07, 6.45) is 0.258. The van der Waals surface area contributed by atoms with Crippen LogP contribution in [0.1, 0.15) is 31.9 Å². The molecule has 3 rings (SSSR count). The van der Waals surface area contributed by atoms with Gasteiger partial charge < -0.3 is 15.0 Å². The lowest BCUT2D eigenvalue weighted by atomic mass is 10.0. The van der Waals surface area contributed by atoms with Gasteiger partial charge in [-0.15, -0.1) is 0 Å². The highest BCUT2D eigenvalue weighted by Crippen LogP contribution is 2.28. The van der Waals surface area contributed by atoms with Crippen LogP contribution in [0.4, 0.5) is 4.39 Å². The number of amides is 2. The van der Waals surface area contributed by atoms with E-state index < -0.39 is 23.3 Å². The van der Waals surface area contributed by atoms with E-state index in [1.54, 1.807) is 36.4 Å². The Kier molecular flexibility index (Phi) is 9.51. The predicted molar refractivity (Wildman–Crippen MR) is 143 cm³/mol. The lowest BCUT2D eigenvalue weighted by molar-refractivity contribution is -0.143. The molecule has 5 nitrogen and oxygen atoms in total. The molecule has 0 aromatic heterocycles. The molecule has 0 saturated heterocycles. The zero-order valence-corrected chi connectivity index (χ0v) is 22.8. The van der Waals surface area contributed by atoms with Crippen LogP contribution >= 0.6 is 27.5 Å². The number of rotatable bonds is 9. The first-order valence-corrected chi connectivity index (χ1v) is 12.7. The Morgan fingerprint density at radius 2 is 1.72 bits per heavy atom. The van der Waals surface area contributed by atoms with E-state index in [0.29, 0.717) is 20.8 Å². The number of carbonyl (C=O) groups excluding carboxylic acids is 2. The third kappa shape index (κ3) is 8.07. The van der Waals surface area contributed by atoms with E-state index in [1.807, 2.05) is 51.1 Å². The molecule has 3 aromatic rings. The van der Waals surface area contributed by atoms with Gasteiger partial charge in [0, 0.05) is 29.1 Å². The van der Waals surface area contributed by atoms with Gasteiger partial charge in [0.15, 0.2) is 6.61 Å². The Labute approximate surface area is 224 Å². The molecule has 0 heterocycles. The van der Waals surface area contributed by atoms with Gasteiger partial charge in [-0.25, -0.2) is 4.39 Å². The van der Waals surface area contributed by atoms with Crippen LogP contribution < -0.4 is 10.1 Å². The fourth-order valence-electron chi connectivity index (χ4n) is 3.63. The number of nitrogens with zero attached hydrogens (tertiary/aromatic N) is 1. The number of carbonyl (C=O) groups is 2. The normalized spacial score (nSPS) is 12.1. The minimum Gasteiger partial charge on any atom is -0.483 e. The molecule has 1 unspecified atom stereocenters. The summed E-state index contributed by atoms with van der Waals surface area (Å²) in [5, 5.41) is 3.49. The maximum Gasteiger partial charge on any atom is 0.261 e. The van der Waals surface area contributed by atoms with Crippen LogP contribution in [0.3, 0.4) is 0 Å². The molecule has 0 aliphatic heterocycles. The van der Waals surface area contributed by atoms with E-state index in [2.05, 4.69) is 21.2 Å². The van der Waals surface area contributed by atoms with Crippen LogP contribution in [0, 0.1) is 5.82 Å². The molecule has 0 radical (unpaired) electrons. The van der Waals surface area contributed by atoms with Crippen molar-refractivity contribution in [3.8, 4) is 5.75 Å². The zero-order chi connectivity index (χ0) is 26.3. The van der Waals surface area contributed by atoms with E-state index in [9.17, 15) is 14.0 Å². The van der Waals surface area contributed by atoms with Crippen molar-refractivity contribution in [3.05, 3.63) is 99.2 Å². The van der Waals surface area contributed by atoms with Gasteiger partial charge >= 0.3 is 0 Å². The molecule has 1 N–H and O–H groups in total. The number of benzene rings is 3. The SMILES string of the molecule is CC(C)(C)NC(=O)C(Cc1ccccc1)N(Cc1ccccc1F)C(=O)COc1ccc(Cl)cc1Br. The Morgan fingerprint density at radius 1 is 1.06 bits per heavy atom. The van der Waals surface area contributed by atoms with E-state index in [-0.39, 0.29) is 25.5 Å². The standard InChI is InChI=1S/C28H29BrClFN2O3/c1-28(2,3)32-27(35)24(15-19-9-5-4-6-10-19)33(17-20-11-7-8-12-23(20)31)26(34)18-36-25-14-13-21(30)16-22(25)29/h4-14,16,24H,15,17-18H2,1-3H3,(H,32,35). The summed E-state index contributed by atoms with van der Waals surface area (Å²) in [5.74, 6) is -0.808. The van der Waals surface area contributed by atoms with Crippen LogP contribution in [0.25, 0.3) is 0 Å². The van der Waals surface area contributed by atoms with E-state index in [1.165, 1.54) is 11.0 Å². The molecule has 36 heavy (non-hydrogen) atoms. The molecule has 0 aliphatic carbocycles. The van der Waals surface area contributed by atoms with Crippen molar-refractivity contribution in [2.45, 2.75) is 45.3 Å². The van der Waals surface area contributed by atoms with Gasteiger partial charge in [0.1, 0.15) is 17.6 Å². The van der Waals surface area contributed by atoms with Gasteiger partial charge in [0.05, 0.1) is 4.47 Å². The molecule has 0 bridgehead atoms. The van der Waals surface area contributed by atoms with Crippen LogP contribution in [0.15, 0.2) is 77.3 Å². The van der Waals surface area contributed by atoms with E-state index >= 15 is 0 Å². The summed E-state index contributed by atoms with van der Waals surface area (Å²) in [6.45, 7) is 5.17. The van der Waals surface area contributed by atoms with Crippen LogP contribution in [0.2, 0.25) is 5.02 Å². The maximum atomic E-state index is 14.6. The number of halogens is 3. The van der Waals surface area contributed by atoms with Gasteiger partial charge in [-0.05, 0) is 66.5 Å². The van der Waals surface area contributed by atoms with Gasteiger partial charge in [-0.3, -0.25) is 9.59 Å². The van der Waals surface area contributed by atoms with E-state index in [4.69, 9.17) is 16.3 Å². The first kappa shape index (κ1) is 27.7. The van der Waals surface area contributed by atoms with Gasteiger partial charge in [-0.1, -0.05) is 60.1 Å².